The summed E-state index contributed by atoms with van der Waals surface area (Å²) < 4.78 is 3.47. The van der Waals surface area contributed by atoms with Crippen LogP contribution >= 0.6 is 15.9 Å². The van der Waals surface area contributed by atoms with E-state index in [9.17, 15) is 0 Å². The summed E-state index contributed by atoms with van der Waals surface area (Å²) >= 11 is 3.67. The molecular formula is C10H14BrN3. The van der Waals surface area contributed by atoms with E-state index in [4.69, 9.17) is 0 Å². The SMILES string of the molecule is Brc1c(C2CCC2)nc2n1CCCN2. The molecule has 0 radical (unpaired) electrons. The molecule has 1 saturated carbocycles. The molecule has 0 unspecified atom stereocenters. The number of halogens is 1. The molecule has 0 spiro atoms. The predicted molar refractivity (Wildman–Crippen MR) is 59.6 cm³/mol. The van der Waals surface area contributed by atoms with Crippen molar-refractivity contribution in [1.82, 2.24) is 9.55 Å². The van der Waals surface area contributed by atoms with Crippen LogP contribution in [-0.4, -0.2) is 16.1 Å². The molecule has 1 N–H and O–H groups in total. The Bertz CT molecular complexity index is 354. The minimum Gasteiger partial charge on any atom is -0.356 e. The van der Waals surface area contributed by atoms with Gasteiger partial charge in [0, 0.05) is 19.0 Å². The van der Waals surface area contributed by atoms with Crippen molar-refractivity contribution >= 4 is 21.9 Å². The van der Waals surface area contributed by atoms with Crippen molar-refractivity contribution in [3.8, 4) is 0 Å². The van der Waals surface area contributed by atoms with Gasteiger partial charge in [0.15, 0.2) is 0 Å². The Kier molecular flexibility index (Phi) is 2.04. The lowest BCUT2D eigenvalue weighted by atomic mass is 9.83. The smallest absolute Gasteiger partial charge is 0.203 e. The second kappa shape index (κ2) is 3.26. The van der Waals surface area contributed by atoms with E-state index in [2.05, 4.69) is 30.8 Å². The molecule has 1 fully saturated rings. The van der Waals surface area contributed by atoms with Crippen molar-refractivity contribution in [3.05, 3.63) is 10.3 Å². The van der Waals surface area contributed by atoms with E-state index >= 15 is 0 Å². The van der Waals surface area contributed by atoms with E-state index in [1.54, 1.807) is 0 Å². The maximum Gasteiger partial charge on any atom is 0.203 e. The van der Waals surface area contributed by atoms with Crippen LogP contribution < -0.4 is 5.32 Å². The number of fused-ring (bicyclic) bond motifs is 1. The van der Waals surface area contributed by atoms with Gasteiger partial charge in [0.05, 0.1) is 5.69 Å². The first kappa shape index (κ1) is 8.77. The third-order valence-corrected chi connectivity index (χ3v) is 4.10. The second-order valence-electron chi connectivity index (χ2n) is 4.17. The Labute approximate surface area is 92.0 Å². The molecule has 0 atom stereocenters. The lowest BCUT2D eigenvalue weighted by molar-refractivity contribution is 0.410. The standard InChI is InChI=1S/C10H14BrN3/c11-9-8(7-3-1-4-7)13-10-12-5-2-6-14(9)10/h7H,1-6H2,(H,12,13). The molecule has 14 heavy (non-hydrogen) atoms. The Morgan fingerprint density at radius 1 is 1.36 bits per heavy atom. The zero-order valence-corrected chi connectivity index (χ0v) is 9.68. The second-order valence-corrected chi connectivity index (χ2v) is 4.92. The maximum atomic E-state index is 4.68. The summed E-state index contributed by atoms with van der Waals surface area (Å²) in [5, 5.41) is 3.35. The summed E-state index contributed by atoms with van der Waals surface area (Å²) in [4.78, 5) is 4.68. The Hall–Kier alpha value is -0.510. The summed E-state index contributed by atoms with van der Waals surface area (Å²) in [6.07, 6.45) is 5.20. The number of hydrogen-bond acceptors (Lipinski definition) is 2. The largest absolute Gasteiger partial charge is 0.356 e. The van der Waals surface area contributed by atoms with E-state index in [1.807, 2.05) is 0 Å². The van der Waals surface area contributed by atoms with E-state index in [1.165, 1.54) is 36.0 Å². The fourth-order valence-electron chi connectivity index (χ4n) is 2.17. The Morgan fingerprint density at radius 2 is 2.21 bits per heavy atom. The Balaban J connectivity index is 2.00. The molecule has 0 saturated heterocycles. The molecule has 1 aliphatic carbocycles. The number of imidazole rings is 1. The average Bonchev–Trinajstić information content (AvgIpc) is 2.43. The molecule has 3 nitrogen and oxygen atoms in total. The number of rotatable bonds is 1. The van der Waals surface area contributed by atoms with Crippen LogP contribution in [0.3, 0.4) is 0 Å². The first-order valence-electron chi connectivity index (χ1n) is 5.36. The summed E-state index contributed by atoms with van der Waals surface area (Å²) in [5.41, 5.74) is 1.28. The molecule has 2 aliphatic rings. The minimum atomic E-state index is 0.712. The van der Waals surface area contributed by atoms with Crippen LogP contribution in [0.15, 0.2) is 4.60 Å². The highest BCUT2D eigenvalue weighted by atomic mass is 79.9. The molecule has 1 aromatic heterocycles. The zero-order valence-electron chi connectivity index (χ0n) is 8.09. The van der Waals surface area contributed by atoms with Gasteiger partial charge in [-0.3, -0.25) is 0 Å². The number of nitrogens with zero attached hydrogens (tertiary/aromatic N) is 2. The lowest BCUT2D eigenvalue weighted by Gasteiger charge is -2.23. The maximum absolute atomic E-state index is 4.68. The highest BCUT2D eigenvalue weighted by molar-refractivity contribution is 9.10. The fourth-order valence-corrected chi connectivity index (χ4v) is 2.93. The topological polar surface area (TPSA) is 29.9 Å². The van der Waals surface area contributed by atoms with Gasteiger partial charge in [-0.2, -0.15) is 0 Å². The van der Waals surface area contributed by atoms with Gasteiger partial charge in [0.1, 0.15) is 4.60 Å². The summed E-state index contributed by atoms with van der Waals surface area (Å²) in [6, 6.07) is 0. The van der Waals surface area contributed by atoms with Gasteiger partial charge in [-0.05, 0) is 35.2 Å². The summed E-state index contributed by atoms with van der Waals surface area (Å²) in [6.45, 7) is 2.16. The van der Waals surface area contributed by atoms with Gasteiger partial charge in [-0.1, -0.05) is 6.42 Å². The van der Waals surface area contributed by atoms with Crippen LogP contribution in [0.5, 0.6) is 0 Å². The Morgan fingerprint density at radius 3 is 2.86 bits per heavy atom. The lowest BCUT2D eigenvalue weighted by Crippen LogP contribution is -2.17. The van der Waals surface area contributed by atoms with E-state index in [0.29, 0.717) is 5.92 Å². The molecule has 0 bridgehead atoms. The minimum absolute atomic E-state index is 0.712. The molecule has 0 amide bonds. The zero-order chi connectivity index (χ0) is 9.54. The van der Waals surface area contributed by atoms with Crippen LogP contribution in [0.1, 0.15) is 37.3 Å². The van der Waals surface area contributed by atoms with Crippen molar-refractivity contribution in [2.75, 3.05) is 11.9 Å². The van der Waals surface area contributed by atoms with Crippen molar-refractivity contribution in [3.63, 3.8) is 0 Å². The third kappa shape index (κ3) is 1.20. The monoisotopic (exact) mass is 255 g/mol. The summed E-state index contributed by atoms with van der Waals surface area (Å²) in [7, 11) is 0. The van der Waals surface area contributed by atoms with E-state index < -0.39 is 0 Å². The van der Waals surface area contributed by atoms with Gasteiger partial charge in [-0.25, -0.2) is 4.98 Å². The van der Waals surface area contributed by atoms with Gasteiger partial charge in [-0.15, -0.1) is 0 Å². The first-order valence-corrected chi connectivity index (χ1v) is 6.15. The van der Waals surface area contributed by atoms with E-state index in [-0.39, 0.29) is 0 Å². The van der Waals surface area contributed by atoms with E-state index in [0.717, 1.165) is 19.0 Å². The third-order valence-electron chi connectivity index (χ3n) is 3.26. The number of aromatic nitrogens is 2. The quantitative estimate of drug-likeness (QED) is 0.837. The predicted octanol–water partition coefficient (Wildman–Crippen LogP) is 2.73. The fraction of sp³-hybridized carbons (Fsp3) is 0.700. The molecule has 0 aromatic carbocycles. The van der Waals surface area contributed by atoms with Crippen molar-refractivity contribution in [2.24, 2.45) is 0 Å². The molecule has 2 heterocycles. The highest BCUT2D eigenvalue weighted by Gasteiger charge is 2.27. The van der Waals surface area contributed by atoms with Gasteiger partial charge in [0.25, 0.3) is 0 Å². The number of nitrogens with one attached hydrogen (secondary N) is 1. The van der Waals surface area contributed by atoms with Crippen molar-refractivity contribution in [1.29, 1.82) is 0 Å². The van der Waals surface area contributed by atoms with Crippen molar-refractivity contribution in [2.45, 2.75) is 38.1 Å². The van der Waals surface area contributed by atoms with Gasteiger partial charge in [0.2, 0.25) is 5.95 Å². The molecule has 4 heteroatoms. The van der Waals surface area contributed by atoms with Crippen molar-refractivity contribution < 1.29 is 0 Å². The highest BCUT2D eigenvalue weighted by Crippen LogP contribution is 2.40. The molecule has 76 valence electrons. The van der Waals surface area contributed by atoms with Crippen LogP contribution in [0.25, 0.3) is 0 Å². The molecule has 1 aromatic rings. The van der Waals surface area contributed by atoms with Gasteiger partial charge >= 0.3 is 0 Å². The van der Waals surface area contributed by atoms with Crippen LogP contribution in [0.4, 0.5) is 5.95 Å². The summed E-state index contributed by atoms with van der Waals surface area (Å²) in [5.74, 6) is 1.77. The van der Waals surface area contributed by atoms with Crippen LogP contribution in [0, 0.1) is 0 Å². The average molecular weight is 256 g/mol. The molecule has 3 rings (SSSR count). The normalized spacial score (nSPS) is 21.2. The first-order chi connectivity index (χ1) is 6.86. The van der Waals surface area contributed by atoms with Crippen LogP contribution in [-0.2, 0) is 6.54 Å². The molecular weight excluding hydrogens is 242 g/mol. The number of hydrogen-bond donors (Lipinski definition) is 1. The van der Waals surface area contributed by atoms with Gasteiger partial charge < -0.3 is 9.88 Å². The molecule has 1 aliphatic heterocycles. The number of anilines is 1. The van der Waals surface area contributed by atoms with Crippen LogP contribution in [0.2, 0.25) is 0 Å².